The Morgan fingerprint density at radius 1 is 1.25 bits per heavy atom. The molecule has 0 N–H and O–H groups in total. The van der Waals surface area contributed by atoms with Crippen molar-refractivity contribution < 1.29 is 9.66 Å². The number of ether oxygens (including phenoxy) is 1. The Bertz CT molecular complexity index is 697. The van der Waals surface area contributed by atoms with E-state index in [0.717, 1.165) is 0 Å². The smallest absolute Gasteiger partial charge is 0.312 e. The minimum Gasteiger partial charge on any atom is -0.429 e. The van der Waals surface area contributed by atoms with E-state index in [2.05, 4.69) is 20.9 Å². The second-order valence-corrected chi connectivity index (χ2v) is 5.52. The summed E-state index contributed by atoms with van der Waals surface area (Å²) in [7, 11) is 0. The maximum absolute atomic E-state index is 11.0. The van der Waals surface area contributed by atoms with Crippen LogP contribution >= 0.6 is 50.7 Å². The van der Waals surface area contributed by atoms with Crippen molar-refractivity contribution in [2.45, 2.75) is 0 Å². The zero-order chi connectivity index (χ0) is 14.9. The number of benzene rings is 1. The third kappa shape index (κ3) is 3.15. The summed E-state index contributed by atoms with van der Waals surface area (Å²) < 4.78 is 5.78. The maximum Gasteiger partial charge on any atom is 0.312 e. The van der Waals surface area contributed by atoms with Crippen LogP contribution < -0.4 is 4.74 Å². The molecule has 0 aliphatic rings. The van der Waals surface area contributed by atoms with Gasteiger partial charge in [-0.15, -0.1) is 0 Å². The molecule has 9 heteroatoms. The first-order chi connectivity index (χ1) is 9.40. The van der Waals surface area contributed by atoms with Gasteiger partial charge in [-0.05, 0) is 28.1 Å². The summed E-state index contributed by atoms with van der Waals surface area (Å²) in [5, 5.41) is 11.2. The van der Waals surface area contributed by atoms with Crippen LogP contribution in [0.4, 0.5) is 5.69 Å². The van der Waals surface area contributed by atoms with Crippen LogP contribution in [-0.2, 0) is 0 Å². The molecule has 0 aliphatic heterocycles. The molecular weight excluding hydrogens is 394 g/mol. The van der Waals surface area contributed by atoms with Crippen LogP contribution in [0, 0.1) is 10.1 Å². The first-order valence-electron chi connectivity index (χ1n) is 5.02. The lowest BCUT2D eigenvalue weighted by atomic mass is 10.3. The van der Waals surface area contributed by atoms with Gasteiger partial charge < -0.3 is 4.74 Å². The number of nitro groups is 1. The Morgan fingerprint density at radius 2 is 1.95 bits per heavy atom. The molecule has 0 bridgehead atoms. The topological polar surface area (TPSA) is 65.3 Å². The van der Waals surface area contributed by atoms with Crippen molar-refractivity contribution in [1.82, 2.24) is 4.98 Å². The van der Waals surface area contributed by atoms with Crippen molar-refractivity contribution in [2.75, 3.05) is 0 Å². The average Bonchev–Trinajstić information content (AvgIpc) is 2.37. The van der Waals surface area contributed by atoms with Gasteiger partial charge in [0, 0.05) is 6.07 Å². The third-order valence-corrected chi connectivity index (χ3v) is 3.76. The Balaban J connectivity index is 2.50. The predicted octanol–water partition coefficient (Wildman–Crippen LogP) is 5.50. The molecule has 0 fully saturated rings. The summed E-state index contributed by atoms with van der Waals surface area (Å²) >= 11 is 20.6. The highest BCUT2D eigenvalue weighted by Gasteiger charge is 2.21. The van der Waals surface area contributed by atoms with E-state index < -0.39 is 4.92 Å². The van der Waals surface area contributed by atoms with Gasteiger partial charge in [-0.1, -0.05) is 40.9 Å². The van der Waals surface area contributed by atoms with E-state index in [9.17, 15) is 10.1 Å². The average molecular weight is 398 g/mol. The standard InChI is InChI=1S/C11H4BrCl3N2O3/c12-5-2-1-3-8(17(18)19)9(5)20-11-7(14)4-6(13)10(15)16-11/h1-4H. The molecule has 0 aliphatic carbocycles. The van der Waals surface area contributed by atoms with Gasteiger partial charge in [0.25, 0.3) is 0 Å². The Morgan fingerprint density at radius 3 is 2.60 bits per heavy atom. The van der Waals surface area contributed by atoms with E-state index in [1.54, 1.807) is 6.07 Å². The van der Waals surface area contributed by atoms with Crippen LogP contribution in [0.25, 0.3) is 0 Å². The third-order valence-electron chi connectivity index (χ3n) is 2.20. The van der Waals surface area contributed by atoms with E-state index in [4.69, 9.17) is 39.5 Å². The van der Waals surface area contributed by atoms with Crippen molar-refractivity contribution in [2.24, 2.45) is 0 Å². The van der Waals surface area contributed by atoms with E-state index >= 15 is 0 Å². The number of nitro benzene ring substituents is 1. The fourth-order valence-corrected chi connectivity index (χ4v) is 2.30. The summed E-state index contributed by atoms with van der Waals surface area (Å²) in [4.78, 5) is 14.2. The molecule has 0 saturated heterocycles. The SMILES string of the molecule is O=[N+]([O-])c1cccc(Br)c1Oc1nc(Cl)c(Cl)cc1Cl. The van der Waals surface area contributed by atoms with Crippen LogP contribution in [0.2, 0.25) is 15.2 Å². The largest absolute Gasteiger partial charge is 0.429 e. The second-order valence-electron chi connectivity index (χ2n) is 3.50. The zero-order valence-corrected chi connectivity index (χ0v) is 13.3. The van der Waals surface area contributed by atoms with Gasteiger partial charge in [0.1, 0.15) is 5.02 Å². The van der Waals surface area contributed by atoms with Crippen molar-refractivity contribution >= 4 is 56.4 Å². The van der Waals surface area contributed by atoms with Crippen molar-refractivity contribution in [3.05, 3.63) is 54.1 Å². The van der Waals surface area contributed by atoms with Crippen LogP contribution in [0.5, 0.6) is 11.6 Å². The van der Waals surface area contributed by atoms with Gasteiger partial charge in [0.05, 0.1) is 14.4 Å². The highest BCUT2D eigenvalue weighted by Crippen LogP contribution is 2.40. The number of hydrogen-bond acceptors (Lipinski definition) is 4. The second kappa shape index (κ2) is 6.13. The minimum absolute atomic E-state index is 0.0132. The fourth-order valence-electron chi connectivity index (χ4n) is 1.34. The maximum atomic E-state index is 11.0. The van der Waals surface area contributed by atoms with Crippen LogP contribution in [-0.4, -0.2) is 9.91 Å². The Kier molecular flexibility index (Phi) is 4.70. The number of pyridine rings is 1. The summed E-state index contributed by atoms with van der Waals surface area (Å²) in [6.45, 7) is 0. The summed E-state index contributed by atoms with van der Waals surface area (Å²) in [5.74, 6) is -0.0960. The van der Waals surface area contributed by atoms with Crippen LogP contribution in [0.1, 0.15) is 0 Å². The molecular formula is C11H4BrCl3N2O3. The highest BCUT2D eigenvalue weighted by atomic mass is 79.9. The van der Waals surface area contributed by atoms with E-state index in [1.165, 1.54) is 18.2 Å². The molecule has 0 atom stereocenters. The first kappa shape index (κ1) is 15.3. The molecule has 0 radical (unpaired) electrons. The van der Waals surface area contributed by atoms with Gasteiger partial charge in [-0.3, -0.25) is 10.1 Å². The molecule has 20 heavy (non-hydrogen) atoms. The lowest BCUT2D eigenvalue weighted by molar-refractivity contribution is -0.385. The molecule has 1 aromatic carbocycles. The number of para-hydroxylation sites is 1. The van der Waals surface area contributed by atoms with E-state index in [0.29, 0.717) is 4.47 Å². The molecule has 0 amide bonds. The molecule has 5 nitrogen and oxygen atoms in total. The lowest BCUT2D eigenvalue weighted by Crippen LogP contribution is -1.96. The molecule has 0 unspecified atom stereocenters. The lowest BCUT2D eigenvalue weighted by Gasteiger charge is -2.09. The molecule has 1 heterocycles. The quantitative estimate of drug-likeness (QED) is 0.389. The summed E-state index contributed by atoms with van der Waals surface area (Å²) in [6.07, 6.45) is 0. The molecule has 2 rings (SSSR count). The predicted molar refractivity (Wildman–Crippen MR) is 80.1 cm³/mol. The van der Waals surface area contributed by atoms with Gasteiger partial charge in [-0.25, -0.2) is 0 Å². The molecule has 1 aromatic heterocycles. The van der Waals surface area contributed by atoms with Crippen LogP contribution in [0.15, 0.2) is 28.7 Å². The van der Waals surface area contributed by atoms with E-state index in [-0.39, 0.29) is 32.5 Å². The zero-order valence-electron chi connectivity index (χ0n) is 9.44. The van der Waals surface area contributed by atoms with Gasteiger partial charge in [-0.2, -0.15) is 4.98 Å². The van der Waals surface area contributed by atoms with Crippen molar-refractivity contribution in [1.29, 1.82) is 0 Å². The van der Waals surface area contributed by atoms with Crippen LogP contribution in [0.3, 0.4) is 0 Å². The Labute approximate surface area is 136 Å². The van der Waals surface area contributed by atoms with Gasteiger partial charge >= 0.3 is 5.69 Å². The number of rotatable bonds is 3. The molecule has 104 valence electrons. The van der Waals surface area contributed by atoms with Gasteiger partial charge in [0.15, 0.2) is 5.15 Å². The highest BCUT2D eigenvalue weighted by molar-refractivity contribution is 9.10. The summed E-state index contributed by atoms with van der Waals surface area (Å²) in [5.41, 5.74) is -0.233. The number of hydrogen-bond donors (Lipinski definition) is 0. The monoisotopic (exact) mass is 396 g/mol. The fraction of sp³-hybridized carbons (Fsp3) is 0. The molecule has 0 spiro atoms. The summed E-state index contributed by atoms with van der Waals surface area (Å²) in [6, 6.07) is 5.74. The molecule has 0 saturated carbocycles. The first-order valence-corrected chi connectivity index (χ1v) is 6.95. The normalized spacial score (nSPS) is 10.4. The van der Waals surface area contributed by atoms with E-state index in [1.807, 2.05) is 0 Å². The van der Waals surface area contributed by atoms with Gasteiger partial charge in [0.2, 0.25) is 11.6 Å². The number of nitrogens with zero attached hydrogens (tertiary/aromatic N) is 2. The number of halogens is 4. The molecule has 2 aromatic rings. The Hall–Kier alpha value is -1.08. The van der Waals surface area contributed by atoms with Crippen molar-refractivity contribution in [3.63, 3.8) is 0 Å². The van der Waals surface area contributed by atoms with Crippen molar-refractivity contribution in [3.8, 4) is 11.6 Å². The minimum atomic E-state index is -0.578. The number of aromatic nitrogens is 1.